The average Bonchev–Trinajstić information content (AvgIpc) is 2.83. The van der Waals surface area contributed by atoms with Gasteiger partial charge in [-0.2, -0.15) is 5.26 Å². The van der Waals surface area contributed by atoms with Crippen LogP contribution in [0.25, 0.3) is 6.08 Å². The molecule has 8 heteroatoms. The van der Waals surface area contributed by atoms with E-state index < -0.39 is 5.91 Å². The highest BCUT2D eigenvalue weighted by molar-refractivity contribution is 9.10. The monoisotopic (exact) mass is 510 g/mol. The van der Waals surface area contributed by atoms with Crippen molar-refractivity contribution in [3.8, 4) is 23.3 Å². The molecule has 3 aromatic rings. The van der Waals surface area contributed by atoms with Gasteiger partial charge in [0, 0.05) is 5.69 Å². The van der Waals surface area contributed by atoms with E-state index in [1.807, 2.05) is 6.07 Å². The molecule has 168 valence electrons. The van der Waals surface area contributed by atoms with Crippen LogP contribution in [-0.2, 0) is 11.4 Å². The largest absolute Gasteiger partial charge is 0.497 e. The predicted octanol–water partition coefficient (Wildman–Crippen LogP) is 5.73. The molecule has 3 aromatic carbocycles. The number of methoxy groups -OCH3 is 2. The highest BCUT2D eigenvalue weighted by Crippen LogP contribution is 2.37. The Hall–Kier alpha value is -3.83. The van der Waals surface area contributed by atoms with Crippen LogP contribution in [0.2, 0.25) is 0 Å². The van der Waals surface area contributed by atoms with Gasteiger partial charge in [-0.15, -0.1) is 0 Å². The number of carbonyl (C=O) groups is 1. The van der Waals surface area contributed by atoms with Crippen LogP contribution in [0.5, 0.6) is 17.2 Å². The fourth-order valence-electron chi connectivity index (χ4n) is 2.89. The summed E-state index contributed by atoms with van der Waals surface area (Å²) in [6.45, 7) is 0.206. The van der Waals surface area contributed by atoms with Gasteiger partial charge in [0.1, 0.15) is 29.8 Å². The summed E-state index contributed by atoms with van der Waals surface area (Å²) in [4.78, 5) is 12.6. The number of nitrogens with one attached hydrogen (secondary N) is 1. The first-order valence-corrected chi connectivity index (χ1v) is 10.5. The van der Waals surface area contributed by atoms with E-state index in [0.717, 1.165) is 5.56 Å². The summed E-state index contributed by atoms with van der Waals surface area (Å²) in [7, 11) is 3.04. The lowest BCUT2D eigenvalue weighted by Crippen LogP contribution is -2.13. The highest BCUT2D eigenvalue weighted by Gasteiger charge is 2.14. The van der Waals surface area contributed by atoms with Gasteiger partial charge in [-0.05, 0) is 81.7 Å². The quantitative estimate of drug-likeness (QED) is 0.309. The number of amides is 1. The number of hydrogen-bond acceptors (Lipinski definition) is 5. The predicted molar refractivity (Wildman–Crippen MR) is 127 cm³/mol. The SMILES string of the molecule is COc1ccc(NC(=O)/C(C#N)=C\c2cc(Br)c(OCc3ccc(F)cc3)c(OC)c2)cc1. The van der Waals surface area contributed by atoms with Gasteiger partial charge in [0.15, 0.2) is 11.5 Å². The van der Waals surface area contributed by atoms with Crippen molar-refractivity contribution in [1.82, 2.24) is 0 Å². The molecule has 0 saturated heterocycles. The summed E-state index contributed by atoms with van der Waals surface area (Å²) >= 11 is 3.45. The maximum atomic E-state index is 13.1. The Morgan fingerprint density at radius 1 is 1.09 bits per heavy atom. The Labute approximate surface area is 199 Å². The van der Waals surface area contributed by atoms with Crippen LogP contribution in [0, 0.1) is 17.1 Å². The topological polar surface area (TPSA) is 80.6 Å². The molecular weight excluding hydrogens is 491 g/mol. The lowest BCUT2D eigenvalue weighted by Gasteiger charge is -2.14. The van der Waals surface area contributed by atoms with E-state index in [0.29, 0.717) is 33.0 Å². The lowest BCUT2D eigenvalue weighted by atomic mass is 10.1. The van der Waals surface area contributed by atoms with Crippen molar-refractivity contribution < 1.29 is 23.4 Å². The van der Waals surface area contributed by atoms with Crippen LogP contribution in [0.15, 0.2) is 70.7 Å². The minimum atomic E-state index is -0.547. The first-order chi connectivity index (χ1) is 15.9. The molecular formula is C25H20BrFN2O4. The third kappa shape index (κ3) is 6.34. The number of carbonyl (C=O) groups excluding carboxylic acids is 1. The fourth-order valence-corrected chi connectivity index (χ4v) is 3.46. The highest BCUT2D eigenvalue weighted by atomic mass is 79.9. The van der Waals surface area contributed by atoms with Gasteiger partial charge in [-0.1, -0.05) is 12.1 Å². The summed E-state index contributed by atoms with van der Waals surface area (Å²) in [6.07, 6.45) is 1.45. The zero-order valence-electron chi connectivity index (χ0n) is 17.9. The number of ether oxygens (including phenoxy) is 3. The zero-order chi connectivity index (χ0) is 23.8. The van der Waals surface area contributed by atoms with Gasteiger partial charge in [-0.3, -0.25) is 4.79 Å². The number of nitriles is 1. The Kier molecular flexibility index (Phi) is 8.06. The van der Waals surface area contributed by atoms with Crippen molar-refractivity contribution in [2.24, 2.45) is 0 Å². The third-order valence-corrected chi connectivity index (χ3v) is 5.16. The number of hydrogen-bond donors (Lipinski definition) is 1. The van der Waals surface area contributed by atoms with E-state index in [4.69, 9.17) is 14.2 Å². The number of halogens is 2. The maximum Gasteiger partial charge on any atom is 0.266 e. The van der Waals surface area contributed by atoms with Crippen LogP contribution in [0.1, 0.15) is 11.1 Å². The second-order valence-corrected chi connectivity index (χ2v) is 7.66. The molecule has 3 rings (SSSR count). The lowest BCUT2D eigenvalue weighted by molar-refractivity contribution is -0.112. The van der Waals surface area contributed by atoms with Crippen molar-refractivity contribution in [2.75, 3.05) is 19.5 Å². The molecule has 0 aliphatic carbocycles. The zero-order valence-corrected chi connectivity index (χ0v) is 19.5. The maximum absolute atomic E-state index is 13.1. The van der Waals surface area contributed by atoms with Crippen molar-refractivity contribution in [3.05, 3.63) is 87.7 Å². The van der Waals surface area contributed by atoms with Crippen molar-refractivity contribution in [2.45, 2.75) is 6.61 Å². The van der Waals surface area contributed by atoms with Crippen LogP contribution in [0.3, 0.4) is 0 Å². The van der Waals surface area contributed by atoms with Crippen molar-refractivity contribution >= 4 is 33.6 Å². The van der Waals surface area contributed by atoms with Crippen LogP contribution in [-0.4, -0.2) is 20.1 Å². The second kappa shape index (κ2) is 11.2. The molecule has 0 aromatic heterocycles. The first kappa shape index (κ1) is 23.8. The van der Waals surface area contributed by atoms with Gasteiger partial charge < -0.3 is 19.5 Å². The summed E-state index contributed by atoms with van der Waals surface area (Å²) in [5, 5.41) is 12.2. The molecule has 0 fully saturated rings. The number of benzene rings is 3. The molecule has 1 amide bonds. The van der Waals surface area contributed by atoms with E-state index in [1.54, 1.807) is 55.6 Å². The minimum Gasteiger partial charge on any atom is -0.497 e. The van der Waals surface area contributed by atoms with Gasteiger partial charge in [0.05, 0.1) is 18.7 Å². The average molecular weight is 511 g/mol. The molecule has 0 radical (unpaired) electrons. The van der Waals surface area contributed by atoms with Gasteiger partial charge in [0.2, 0.25) is 0 Å². The number of nitrogens with zero attached hydrogens (tertiary/aromatic N) is 1. The molecule has 33 heavy (non-hydrogen) atoms. The molecule has 0 aliphatic rings. The Bertz CT molecular complexity index is 1200. The first-order valence-electron chi connectivity index (χ1n) is 9.75. The van der Waals surface area contributed by atoms with Gasteiger partial charge >= 0.3 is 0 Å². The summed E-state index contributed by atoms with van der Waals surface area (Å²) < 4.78 is 30.0. The van der Waals surface area contributed by atoms with Crippen molar-refractivity contribution in [3.63, 3.8) is 0 Å². The van der Waals surface area contributed by atoms with E-state index >= 15 is 0 Å². The molecule has 6 nitrogen and oxygen atoms in total. The summed E-state index contributed by atoms with van der Waals surface area (Å²) in [5.41, 5.74) is 1.80. The summed E-state index contributed by atoms with van der Waals surface area (Å²) in [5.74, 6) is 0.640. The van der Waals surface area contributed by atoms with E-state index in [9.17, 15) is 14.4 Å². The molecule has 0 atom stereocenters. The van der Waals surface area contributed by atoms with E-state index in [-0.39, 0.29) is 18.0 Å². The van der Waals surface area contributed by atoms with Crippen LogP contribution >= 0.6 is 15.9 Å². The number of anilines is 1. The normalized spacial score (nSPS) is 10.8. The fraction of sp³-hybridized carbons (Fsp3) is 0.120. The van der Waals surface area contributed by atoms with Crippen molar-refractivity contribution in [1.29, 1.82) is 5.26 Å². The Morgan fingerprint density at radius 3 is 2.39 bits per heavy atom. The smallest absolute Gasteiger partial charge is 0.266 e. The molecule has 0 spiro atoms. The third-order valence-electron chi connectivity index (χ3n) is 4.57. The number of rotatable bonds is 8. The standard InChI is InChI=1S/C25H20BrFN2O4/c1-31-21-9-7-20(8-10-21)29-25(30)18(14-28)11-17-12-22(26)24(23(13-17)32-2)33-15-16-3-5-19(27)6-4-16/h3-13H,15H2,1-2H3,(H,29,30)/b18-11-. The van der Waals surface area contributed by atoms with Gasteiger partial charge in [0.25, 0.3) is 5.91 Å². The molecule has 0 heterocycles. The van der Waals surface area contributed by atoms with Crippen LogP contribution in [0.4, 0.5) is 10.1 Å². The Balaban J connectivity index is 1.79. The molecule has 0 unspecified atom stereocenters. The van der Waals surface area contributed by atoms with Crippen LogP contribution < -0.4 is 19.5 Å². The molecule has 0 aliphatic heterocycles. The summed E-state index contributed by atoms with van der Waals surface area (Å²) in [6, 6.07) is 18.0. The minimum absolute atomic E-state index is 0.0836. The van der Waals surface area contributed by atoms with E-state index in [1.165, 1.54) is 25.3 Å². The van der Waals surface area contributed by atoms with Gasteiger partial charge in [-0.25, -0.2) is 4.39 Å². The van der Waals surface area contributed by atoms with E-state index in [2.05, 4.69) is 21.2 Å². The molecule has 0 saturated carbocycles. The second-order valence-electron chi connectivity index (χ2n) is 6.80. The molecule has 1 N–H and O–H groups in total. The Morgan fingerprint density at radius 2 is 1.79 bits per heavy atom. The molecule has 0 bridgehead atoms.